The Bertz CT molecular complexity index is 438. The first-order chi connectivity index (χ1) is 7.07. The summed E-state index contributed by atoms with van der Waals surface area (Å²) in [5.41, 5.74) is 2.55. The van der Waals surface area contributed by atoms with Crippen molar-refractivity contribution in [2.75, 3.05) is 0 Å². The van der Waals surface area contributed by atoms with Crippen molar-refractivity contribution in [2.24, 2.45) is 0 Å². The lowest BCUT2D eigenvalue weighted by atomic mass is 9.86. The van der Waals surface area contributed by atoms with Gasteiger partial charge in [0.1, 0.15) is 0 Å². The van der Waals surface area contributed by atoms with Gasteiger partial charge in [0.15, 0.2) is 5.76 Å². The second-order valence-corrected chi connectivity index (χ2v) is 4.71. The molecule has 0 N–H and O–H groups in total. The Hall–Kier alpha value is -1.57. The van der Waals surface area contributed by atoms with Gasteiger partial charge in [-0.15, -0.1) is 0 Å². The Labute approximate surface area is 89.9 Å². The van der Waals surface area contributed by atoms with Gasteiger partial charge in [-0.05, 0) is 17.0 Å². The fraction of sp³-hybridized carbons (Fsp3) is 0.308. The molecule has 15 heavy (non-hydrogen) atoms. The van der Waals surface area contributed by atoms with Gasteiger partial charge in [-0.2, -0.15) is 0 Å². The molecule has 0 saturated heterocycles. The molecule has 2 heteroatoms. The van der Waals surface area contributed by atoms with Gasteiger partial charge in [-0.1, -0.05) is 44.1 Å². The van der Waals surface area contributed by atoms with E-state index < -0.39 is 0 Å². The third-order valence-corrected chi connectivity index (χ3v) is 2.45. The summed E-state index contributed by atoms with van der Waals surface area (Å²) in [7, 11) is 0. The number of benzene rings is 1. The fourth-order valence-corrected chi connectivity index (χ4v) is 1.50. The number of aromatic nitrogens is 1. The van der Waals surface area contributed by atoms with Crippen LogP contribution in [0.3, 0.4) is 0 Å². The Balaban J connectivity index is 2.44. The lowest BCUT2D eigenvalue weighted by Crippen LogP contribution is -2.10. The Morgan fingerprint density at radius 3 is 2.53 bits per heavy atom. The molecule has 0 saturated carbocycles. The van der Waals surface area contributed by atoms with Gasteiger partial charge in [0, 0.05) is 11.6 Å². The highest BCUT2D eigenvalue weighted by molar-refractivity contribution is 5.58. The average molecular weight is 201 g/mol. The first-order valence-corrected chi connectivity index (χ1v) is 5.09. The summed E-state index contributed by atoms with van der Waals surface area (Å²) >= 11 is 0. The maximum Gasteiger partial charge on any atom is 0.166 e. The Morgan fingerprint density at radius 1 is 1.13 bits per heavy atom. The minimum atomic E-state index is 0.163. The molecule has 2 nitrogen and oxygen atoms in total. The number of hydrogen-bond acceptors (Lipinski definition) is 2. The quantitative estimate of drug-likeness (QED) is 0.704. The highest BCUT2D eigenvalue weighted by Crippen LogP contribution is 2.27. The van der Waals surface area contributed by atoms with E-state index in [0.29, 0.717) is 0 Å². The van der Waals surface area contributed by atoms with Gasteiger partial charge in [0.2, 0.25) is 0 Å². The van der Waals surface area contributed by atoms with Gasteiger partial charge >= 0.3 is 0 Å². The number of hydrogen-bond donors (Lipinski definition) is 0. The van der Waals surface area contributed by atoms with Gasteiger partial charge in [0.05, 0.1) is 6.20 Å². The lowest BCUT2D eigenvalue weighted by molar-refractivity contribution is 0.432. The van der Waals surface area contributed by atoms with Crippen molar-refractivity contribution < 1.29 is 4.52 Å². The highest BCUT2D eigenvalue weighted by Gasteiger charge is 2.14. The number of rotatable bonds is 1. The van der Waals surface area contributed by atoms with Crippen molar-refractivity contribution in [3.05, 3.63) is 42.1 Å². The first kappa shape index (κ1) is 9.97. The summed E-state index contributed by atoms with van der Waals surface area (Å²) in [5, 5.41) is 3.72. The van der Waals surface area contributed by atoms with Crippen molar-refractivity contribution in [2.45, 2.75) is 26.2 Å². The van der Waals surface area contributed by atoms with Crippen LogP contribution < -0.4 is 0 Å². The highest BCUT2D eigenvalue weighted by atomic mass is 16.5. The molecule has 0 spiro atoms. The molecule has 0 aliphatic rings. The maximum absolute atomic E-state index is 5.14. The zero-order valence-corrected chi connectivity index (χ0v) is 9.32. The zero-order valence-electron chi connectivity index (χ0n) is 9.32. The van der Waals surface area contributed by atoms with Crippen molar-refractivity contribution in [3.8, 4) is 11.3 Å². The van der Waals surface area contributed by atoms with Crippen LogP contribution in [0, 0.1) is 0 Å². The summed E-state index contributed by atoms with van der Waals surface area (Å²) in [5.74, 6) is 0.820. The standard InChI is InChI=1S/C13H15NO/c1-13(2,3)11-6-4-5-10(9-11)12-7-8-14-15-12/h4-9H,1-3H3. The third kappa shape index (κ3) is 2.09. The third-order valence-electron chi connectivity index (χ3n) is 2.45. The number of nitrogens with zero attached hydrogens (tertiary/aromatic N) is 1. The van der Waals surface area contributed by atoms with Crippen molar-refractivity contribution >= 4 is 0 Å². The van der Waals surface area contributed by atoms with Crippen LogP contribution in [-0.4, -0.2) is 5.16 Å². The molecule has 1 aromatic heterocycles. The largest absolute Gasteiger partial charge is 0.356 e. The maximum atomic E-state index is 5.14. The predicted molar refractivity (Wildman–Crippen MR) is 60.6 cm³/mol. The van der Waals surface area contributed by atoms with E-state index in [9.17, 15) is 0 Å². The molecule has 78 valence electrons. The van der Waals surface area contributed by atoms with Crippen LogP contribution in [0.4, 0.5) is 0 Å². The average Bonchev–Trinajstić information content (AvgIpc) is 2.69. The van der Waals surface area contributed by atoms with Crippen LogP contribution in [0.1, 0.15) is 26.3 Å². The monoisotopic (exact) mass is 201 g/mol. The molecule has 0 aliphatic heterocycles. The molecule has 1 heterocycles. The molecule has 2 aromatic rings. The van der Waals surface area contributed by atoms with Crippen molar-refractivity contribution in [1.82, 2.24) is 5.16 Å². The SMILES string of the molecule is CC(C)(C)c1cccc(-c2ccno2)c1. The summed E-state index contributed by atoms with van der Waals surface area (Å²) < 4.78 is 5.14. The van der Waals surface area contributed by atoms with E-state index in [1.165, 1.54) is 5.56 Å². The first-order valence-electron chi connectivity index (χ1n) is 5.09. The molecule has 0 atom stereocenters. The molecule has 0 bridgehead atoms. The van der Waals surface area contributed by atoms with E-state index in [4.69, 9.17) is 4.52 Å². The van der Waals surface area contributed by atoms with Crippen molar-refractivity contribution in [1.29, 1.82) is 0 Å². The van der Waals surface area contributed by atoms with E-state index in [2.05, 4.69) is 44.1 Å². The molecule has 0 aliphatic carbocycles. The molecule has 1 aromatic carbocycles. The Morgan fingerprint density at radius 2 is 1.93 bits per heavy atom. The summed E-state index contributed by atoms with van der Waals surface area (Å²) in [6.45, 7) is 6.60. The second kappa shape index (κ2) is 3.54. The van der Waals surface area contributed by atoms with Gasteiger partial charge in [-0.25, -0.2) is 0 Å². The van der Waals surface area contributed by atoms with Crippen LogP contribution in [0.25, 0.3) is 11.3 Å². The molecular weight excluding hydrogens is 186 g/mol. The van der Waals surface area contributed by atoms with Crippen LogP contribution in [0.2, 0.25) is 0 Å². The van der Waals surface area contributed by atoms with E-state index in [1.807, 2.05) is 12.1 Å². The zero-order chi connectivity index (χ0) is 10.9. The van der Waals surface area contributed by atoms with Crippen LogP contribution >= 0.6 is 0 Å². The van der Waals surface area contributed by atoms with E-state index in [1.54, 1.807) is 6.20 Å². The predicted octanol–water partition coefficient (Wildman–Crippen LogP) is 3.64. The van der Waals surface area contributed by atoms with E-state index >= 15 is 0 Å². The molecule has 0 unspecified atom stereocenters. The Kier molecular flexibility index (Phi) is 2.35. The van der Waals surface area contributed by atoms with E-state index in [0.717, 1.165) is 11.3 Å². The van der Waals surface area contributed by atoms with Gasteiger partial charge in [0.25, 0.3) is 0 Å². The van der Waals surface area contributed by atoms with E-state index in [-0.39, 0.29) is 5.41 Å². The second-order valence-electron chi connectivity index (χ2n) is 4.71. The van der Waals surface area contributed by atoms with Crippen molar-refractivity contribution in [3.63, 3.8) is 0 Å². The van der Waals surface area contributed by atoms with Crippen LogP contribution in [0.15, 0.2) is 41.1 Å². The summed E-state index contributed by atoms with van der Waals surface area (Å²) in [6, 6.07) is 10.3. The molecular formula is C13H15NO. The topological polar surface area (TPSA) is 26.0 Å². The van der Waals surface area contributed by atoms with Crippen LogP contribution in [0.5, 0.6) is 0 Å². The molecule has 0 fully saturated rings. The minimum Gasteiger partial charge on any atom is -0.356 e. The van der Waals surface area contributed by atoms with Crippen LogP contribution in [-0.2, 0) is 5.41 Å². The molecule has 0 amide bonds. The minimum absolute atomic E-state index is 0.163. The summed E-state index contributed by atoms with van der Waals surface area (Å²) in [6.07, 6.45) is 1.67. The van der Waals surface area contributed by atoms with Gasteiger partial charge < -0.3 is 4.52 Å². The lowest BCUT2D eigenvalue weighted by Gasteiger charge is -2.19. The summed E-state index contributed by atoms with van der Waals surface area (Å²) in [4.78, 5) is 0. The molecule has 0 radical (unpaired) electrons. The fourth-order valence-electron chi connectivity index (χ4n) is 1.50. The normalized spacial score (nSPS) is 11.7. The smallest absolute Gasteiger partial charge is 0.166 e. The molecule has 2 rings (SSSR count). The van der Waals surface area contributed by atoms with Gasteiger partial charge in [-0.3, -0.25) is 0 Å².